The number of nitrogens with zero attached hydrogens (tertiary/aromatic N) is 2. The van der Waals surface area contributed by atoms with Crippen molar-refractivity contribution in [3.8, 4) is 28.0 Å². The summed E-state index contributed by atoms with van der Waals surface area (Å²) in [7, 11) is 0. The van der Waals surface area contributed by atoms with Crippen molar-refractivity contribution in [2.75, 3.05) is 18.8 Å². The minimum Gasteiger partial charge on any atom is -0.485 e. The molecule has 4 rings (SSSR count). The number of anilines is 1. The highest BCUT2D eigenvalue weighted by Crippen LogP contribution is 2.35. The topological polar surface area (TPSA) is 93.3 Å². The Labute approximate surface area is 192 Å². The van der Waals surface area contributed by atoms with Crippen LogP contribution in [-0.4, -0.2) is 33.8 Å². The number of aliphatic hydroxyl groups is 1. The fourth-order valence-electron chi connectivity index (χ4n) is 3.51. The number of hydrogen-bond acceptors (Lipinski definition) is 7. The Morgan fingerprint density at radius 1 is 1.22 bits per heavy atom. The van der Waals surface area contributed by atoms with Crippen LogP contribution < -0.4 is 15.8 Å². The van der Waals surface area contributed by atoms with Crippen LogP contribution in [0.2, 0.25) is 0 Å². The van der Waals surface area contributed by atoms with Crippen LogP contribution in [0.5, 0.6) is 5.75 Å². The molecule has 1 fully saturated rings. The van der Waals surface area contributed by atoms with E-state index in [0.717, 1.165) is 47.5 Å². The van der Waals surface area contributed by atoms with Gasteiger partial charge in [-0.25, -0.2) is 9.97 Å². The smallest absolute Gasteiger partial charge is 0.166 e. The number of pyridine rings is 1. The van der Waals surface area contributed by atoms with Crippen LogP contribution in [0.25, 0.3) is 10.4 Å². The predicted molar refractivity (Wildman–Crippen MR) is 129 cm³/mol. The molecule has 2 aromatic heterocycles. The van der Waals surface area contributed by atoms with E-state index in [2.05, 4.69) is 27.1 Å². The molecule has 1 aromatic carbocycles. The summed E-state index contributed by atoms with van der Waals surface area (Å²) in [6, 6.07) is 9.67. The molecule has 0 amide bonds. The van der Waals surface area contributed by atoms with Crippen LogP contribution in [-0.2, 0) is 6.61 Å². The molecule has 1 saturated heterocycles. The van der Waals surface area contributed by atoms with Crippen molar-refractivity contribution in [1.82, 2.24) is 15.3 Å². The van der Waals surface area contributed by atoms with Crippen LogP contribution in [0.15, 0.2) is 42.7 Å². The van der Waals surface area contributed by atoms with Crippen molar-refractivity contribution in [1.29, 1.82) is 0 Å². The summed E-state index contributed by atoms with van der Waals surface area (Å²) in [6.07, 6.45) is 5.94. The number of benzene rings is 1. The van der Waals surface area contributed by atoms with Gasteiger partial charge in [-0.15, -0.1) is 11.3 Å². The second-order valence-corrected chi connectivity index (χ2v) is 9.55. The van der Waals surface area contributed by atoms with Crippen LogP contribution in [0, 0.1) is 11.8 Å². The molecule has 3 aromatic rings. The summed E-state index contributed by atoms with van der Waals surface area (Å²) in [5, 5.41) is 14.4. The molecule has 7 heteroatoms. The van der Waals surface area contributed by atoms with Crippen LogP contribution >= 0.6 is 11.3 Å². The molecule has 0 bridgehead atoms. The highest BCUT2D eigenvalue weighted by Gasteiger charge is 2.19. The monoisotopic (exact) mass is 448 g/mol. The average molecular weight is 449 g/mol. The quantitative estimate of drug-likeness (QED) is 0.512. The molecule has 1 aliphatic rings. The summed E-state index contributed by atoms with van der Waals surface area (Å²) >= 11 is 1.72. The minimum atomic E-state index is -1.03. The van der Waals surface area contributed by atoms with Gasteiger partial charge in [-0.2, -0.15) is 0 Å². The van der Waals surface area contributed by atoms with Crippen LogP contribution in [0.4, 0.5) is 5.82 Å². The van der Waals surface area contributed by atoms with Crippen molar-refractivity contribution in [2.24, 2.45) is 0 Å². The first-order valence-corrected chi connectivity index (χ1v) is 11.6. The largest absolute Gasteiger partial charge is 0.485 e. The van der Waals surface area contributed by atoms with E-state index in [-0.39, 0.29) is 0 Å². The number of thiazole rings is 1. The average Bonchev–Trinajstić information content (AvgIpc) is 3.28. The summed E-state index contributed by atoms with van der Waals surface area (Å²) < 4.78 is 6.00. The number of piperidine rings is 1. The lowest BCUT2D eigenvalue weighted by molar-refractivity contribution is 0.143. The number of nitrogens with one attached hydrogen (secondary N) is 1. The minimum absolute atomic E-state index is 0.344. The Balaban J connectivity index is 1.47. The van der Waals surface area contributed by atoms with Crippen LogP contribution in [0.3, 0.4) is 0 Å². The lowest BCUT2D eigenvalue weighted by atomic mass is 9.99. The van der Waals surface area contributed by atoms with Gasteiger partial charge in [-0.1, -0.05) is 24.0 Å². The number of hydrogen-bond donors (Lipinski definition) is 3. The van der Waals surface area contributed by atoms with E-state index in [9.17, 15) is 5.11 Å². The van der Waals surface area contributed by atoms with E-state index in [4.69, 9.17) is 10.5 Å². The Hall–Kier alpha value is -2.92. The van der Waals surface area contributed by atoms with Crippen molar-refractivity contribution in [2.45, 2.75) is 44.8 Å². The van der Waals surface area contributed by atoms with Gasteiger partial charge < -0.3 is 20.9 Å². The number of aromatic nitrogens is 2. The molecular formula is C25H28N4O2S. The Morgan fingerprint density at radius 2 is 2.03 bits per heavy atom. The molecule has 0 radical (unpaired) electrons. The molecule has 3 heterocycles. The van der Waals surface area contributed by atoms with Gasteiger partial charge in [0.05, 0.1) is 9.88 Å². The number of ether oxygens (including phenoxy) is 1. The summed E-state index contributed by atoms with van der Waals surface area (Å²) in [5.41, 5.74) is 7.78. The first-order chi connectivity index (χ1) is 15.4. The van der Waals surface area contributed by atoms with Gasteiger partial charge in [-0.3, -0.25) is 0 Å². The molecule has 6 nitrogen and oxygen atoms in total. The van der Waals surface area contributed by atoms with Gasteiger partial charge in [0.25, 0.3) is 0 Å². The van der Waals surface area contributed by atoms with Gasteiger partial charge in [-0.05, 0) is 63.5 Å². The number of nitrogen functional groups attached to an aromatic ring is 1. The maximum absolute atomic E-state index is 9.80. The fraction of sp³-hybridized carbons (Fsp3) is 0.360. The Bertz CT molecular complexity index is 1130. The number of rotatable bonds is 5. The predicted octanol–water partition coefficient (Wildman–Crippen LogP) is 3.96. The summed E-state index contributed by atoms with van der Waals surface area (Å²) in [4.78, 5) is 10.1. The molecule has 1 aliphatic heterocycles. The van der Waals surface area contributed by atoms with E-state index < -0.39 is 5.60 Å². The highest BCUT2D eigenvalue weighted by molar-refractivity contribution is 7.15. The highest BCUT2D eigenvalue weighted by atomic mass is 32.1. The molecule has 0 unspecified atom stereocenters. The first-order valence-electron chi connectivity index (χ1n) is 10.8. The van der Waals surface area contributed by atoms with Gasteiger partial charge in [0.2, 0.25) is 0 Å². The summed E-state index contributed by atoms with van der Waals surface area (Å²) in [5.74, 6) is 7.25. The first kappa shape index (κ1) is 22.3. The lowest BCUT2D eigenvalue weighted by Crippen LogP contribution is -2.26. The molecule has 32 heavy (non-hydrogen) atoms. The normalized spacial score (nSPS) is 14.6. The SMILES string of the molecule is CC(C)(O)C#Cc1cccc(COc2cc(-c3cnc(C4CCNCC4)s3)cnc2N)c1. The zero-order valence-electron chi connectivity index (χ0n) is 18.4. The van der Waals surface area contributed by atoms with E-state index in [0.29, 0.717) is 24.1 Å². The van der Waals surface area contributed by atoms with Gasteiger partial charge in [0.1, 0.15) is 12.2 Å². The zero-order valence-corrected chi connectivity index (χ0v) is 19.2. The van der Waals surface area contributed by atoms with Gasteiger partial charge in [0, 0.05) is 29.4 Å². The maximum Gasteiger partial charge on any atom is 0.166 e. The molecule has 166 valence electrons. The molecule has 0 aliphatic carbocycles. The van der Waals surface area contributed by atoms with E-state index in [1.165, 1.54) is 5.01 Å². The second kappa shape index (κ2) is 9.70. The lowest BCUT2D eigenvalue weighted by Gasteiger charge is -2.20. The molecular weight excluding hydrogens is 420 g/mol. The van der Waals surface area contributed by atoms with Gasteiger partial charge in [0.15, 0.2) is 11.6 Å². The molecule has 0 spiro atoms. The Kier molecular flexibility index (Phi) is 6.75. The second-order valence-electron chi connectivity index (χ2n) is 8.49. The number of nitrogens with two attached hydrogens (primary N) is 1. The third-order valence-corrected chi connectivity index (χ3v) is 6.42. The Morgan fingerprint density at radius 3 is 2.81 bits per heavy atom. The van der Waals surface area contributed by atoms with E-state index in [1.54, 1.807) is 31.4 Å². The zero-order chi connectivity index (χ0) is 22.6. The van der Waals surface area contributed by atoms with Gasteiger partial charge >= 0.3 is 0 Å². The maximum atomic E-state index is 9.80. The molecule has 0 saturated carbocycles. The van der Waals surface area contributed by atoms with Crippen molar-refractivity contribution >= 4 is 17.2 Å². The van der Waals surface area contributed by atoms with Crippen molar-refractivity contribution in [3.63, 3.8) is 0 Å². The fourth-order valence-corrected chi connectivity index (χ4v) is 4.58. The third kappa shape index (κ3) is 5.86. The van der Waals surface area contributed by atoms with Crippen LogP contribution in [0.1, 0.15) is 48.7 Å². The summed E-state index contributed by atoms with van der Waals surface area (Å²) in [6.45, 7) is 5.76. The standard InChI is InChI=1S/C25H28N4O2S/c1-25(2,30)9-6-17-4-3-5-18(12-17)16-31-21-13-20(14-28-23(21)26)22-15-29-24(32-22)19-7-10-27-11-8-19/h3-5,12-15,19,27,30H,7-8,10-11,16H2,1-2H3,(H2,26,28). The third-order valence-electron chi connectivity index (χ3n) is 5.21. The van der Waals surface area contributed by atoms with E-state index >= 15 is 0 Å². The van der Waals surface area contributed by atoms with E-state index in [1.807, 2.05) is 36.5 Å². The van der Waals surface area contributed by atoms with Crippen molar-refractivity contribution < 1.29 is 9.84 Å². The van der Waals surface area contributed by atoms with Crippen molar-refractivity contribution in [3.05, 3.63) is 58.9 Å². The molecule has 4 N–H and O–H groups in total. The molecule has 0 atom stereocenters.